The minimum Gasteiger partial charge on any atom is -0.352 e. The van der Waals surface area contributed by atoms with Crippen LogP contribution >= 0.6 is 0 Å². The van der Waals surface area contributed by atoms with E-state index < -0.39 is 0 Å². The first-order chi connectivity index (χ1) is 7.45. The van der Waals surface area contributed by atoms with Crippen molar-refractivity contribution in [2.45, 2.75) is 46.5 Å². The molecule has 2 unspecified atom stereocenters. The van der Waals surface area contributed by atoms with Gasteiger partial charge in [0.2, 0.25) is 5.91 Å². The van der Waals surface area contributed by atoms with Crippen LogP contribution in [0.3, 0.4) is 0 Å². The zero-order valence-electron chi connectivity index (χ0n) is 10.9. The van der Waals surface area contributed by atoms with Gasteiger partial charge in [0.1, 0.15) is 0 Å². The fourth-order valence-electron chi connectivity index (χ4n) is 2.90. The third kappa shape index (κ3) is 3.66. The van der Waals surface area contributed by atoms with Crippen molar-refractivity contribution < 1.29 is 4.79 Å². The quantitative estimate of drug-likeness (QED) is 0.732. The van der Waals surface area contributed by atoms with E-state index in [1.807, 2.05) is 0 Å². The second-order valence-electron chi connectivity index (χ2n) is 5.97. The van der Waals surface area contributed by atoms with E-state index >= 15 is 0 Å². The molecule has 16 heavy (non-hydrogen) atoms. The number of amides is 1. The summed E-state index contributed by atoms with van der Waals surface area (Å²) in [5.41, 5.74) is 0.351. The van der Waals surface area contributed by atoms with Crippen molar-refractivity contribution in [2.24, 2.45) is 17.3 Å². The van der Waals surface area contributed by atoms with Gasteiger partial charge >= 0.3 is 0 Å². The molecular formula is C14H25NO. The Kier molecular flexibility index (Phi) is 4.57. The van der Waals surface area contributed by atoms with E-state index in [4.69, 9.17) is 0 Å². The fourth-order valence-corrected chi connectivity index (χ4v) is 2.90. The number of nitrogens with one attached hydrogen (secondary N) is 1. The van der Waals surface area contributed by atoms with Crippen molar-refractivity contribution in [3.05, 3.63) is 12.7 Å². The van der Waals surface area contributed by atoms with Crippen molar-refractivity contribution in [2.75, 3.05) is 6.54 Å². The Bertz CT molecular complexity index is 252. The van der Waals surface area contributed by atoms with E-state index in [-0.39, 0.29) is 5.91 Å². The third-order valence-electron chi connectivity index (χ3n) is 3.75. The Hall–Kier alpha value is -0.790. The van der Waals surface area contributed by atoms with Crippen LogP contribution in [0.1, 0.15) is 46.5 Å². The van der Waals surface area contributed by atoms with Gasteiger partial charge in [-0.1, -0.05) is 40.2 Å². The summed E-state index contributed by atoms with van der Waals surface area (Å²) in [7, 11) is 0. The lowest BCUT2D eigenvalue weighted by atomic mass is 9.66. The van der Waals surface area contributed by atoms with Crippen molar-refractivity contribution >= 4 is 5.91 Å². The molecule has 0 radical (unpaired) electrons. The van der Waals surface area contributed by atoms with Crippen LogP contribution < -0.4 is 5.32 Å². The van der Waals surface area contributed by atoms with Crippen molar-refractivity contribution in [3.8, 4) is 0 Å². The normalized spacial score (nSPS) is 26.2. The minimum absolute atomic E-state index is 0.0433. The Balaban J connectivity index is 2.54. The number of hydrogen-bond acceptors (Lipinski definition) is 1. The van der Waals surface area contributed by atoms with Gasteiger partial charge in [0, 0.05) is 6.54 Å². The molecule has 92 valence electrons. The van der Waals surface area contributed by atoms with Gasteiger partial charge in [-0.05, 0) is 36.2 Å². The predicted molar refractivity (Wildman–Crippen MR) is 68.1 cm³/mol. The van der Waals surface area contributed by atoms with Gasteiger partial charge in [-0.15, -0.1) is 0 Å². The zero-order valence-corrected chi connectivity index (χ0v) is 10.9. The summed E-state index contributed by atoms with van der Waals surface area (Å²) in [6, 6.07) is 0. The first-order valence-electron chi connectivity index (χ1n) is 6.35. The van der Waals surface area contributed by atoms with Crippen LogP contribution in [0.2, 0.25) is 0 Å². The number of hydrogen-bond donors (Lipinski definition) is 1. The maximum Gasteiger partial charge on any atom is 0.243 e. The maximum atomic E-state index is 11.2. The molecule has 1 N–H and O–H groups in total. The molecule has 1 amide bonds. The molecule has 1 fully saturated rings. The Morgan fingerprint density at radius 1 is 1.38 bits per heavy atom. The van der Waals surface area contributed by atoms with Gasteiger partial charge in [0.25, 0.3) is 0 Å². The third-order valence-corrected chi connectivity index (χ3v) is 3.75. The van der Waals surface area contributed by atoms with Crippen LogP contribution in [0.15, 0.2) is 12.7 Å². The van der Waals surface area contributed by atoms with Crippen LogP contribution in [0, 0.1) is 17.3 Å². The van der Waals surface area contributed by atoms with Crippen molar-refractivity contribution in [3.63, 3.8) is 0 Å². The van der Waals surface area contributed by atoms with E-state index in [1.54, 1.807) is 0 Å². The largest absolute Gasteiger partial charge is 0.352 e. The molecule has 1 rings (SSSR count). The molecule has 0 aromatic rings. The topological polar surface area (TPSA) is 29.1 Å². The molecule has 2 nitrogen and oxygen atoms in total. The van der Waals surface area contributed by atoms with Gasteiger partial charge < -0.3 is 5.32 Å². The molecular weight excluding hydrogens is 198 g/mol. The zero-order chi connectivity index (χ0) is 12.2. The fraction of sp³-hybridized carbons (Fsp3) is 0.786. The van der Waals surface area contributed by atoms with Crippen LogP contribution in [0.5, 0.6) is 0 Å². The molecule has 1 aliphatic rings. The van der Waals surface area contributed by atoms with Gasteiger partial charge in [0.15, 0.2) is 0 Å². The molecule has 0 heterocycles. The van der Waals surface area contributed by atoms with Gasteiger partial charge in [-0.25, -0.2) is 0 Å². The predicted octanol–water partition coefficient (Wildman–Crippen LogP) is 3.14. The summed E-state index contributed by atoms with van der Waals surface area (Å²) in [5.74, 6) is 1.32. The summed E-state index contributed by atoms with van der Waals surface area (Å²) < 4.78 is 0. The summed E-state index contributed by atoms with van der Waals surface area (Å²) in [4.78, 5) is 11.2. The second-order valence-corrected chi connectivity index (χ2v) is 5.97. The van der Waals surface area contributed by atoms with Gasteiger partial charge in [0.05, 0.1) is 0 Å². The smallest absolute Gasteiger partial charge is 0.243 e. The monoisotopic (exact) mass is 223 g/mol. The molecule has 0 aliphatic heterocycles. The molecule has 0 spiro atoms. The Morgan fingerprint density at radius 3 is 2.56 bits per heavy atom. The van der Waals surface area contributed by atoms with E-state index in [1.165, 1.54) is 31.8 Å². The molecule has 1 saturated carbocycles. The Morgan fingerprint density at radius 2 is 2.00 bits per heavy atom. The molecule has 2 atom stereocenters. The highest BCUT2D eigenvalue weighted by molar-refractivity contribution is 5.86. The lowest BCUT2D eigenvalue weighted by molar-refractivity contribution is -0.116. The average molecular weight is 223 g/mol. The van der Waals surface area contributed by atoms with Crippen molar-refractivity contribution in [1.82, 2.24) is 5.32 Å². The average Bonchev–Trinajstić information content (AvgIpc) is 2.25. The molecule has 1 aliphatic carbocycles. The number of carbonyl (C=O) groups is 1. The Labute approximate surface area is 99.5 Å². The van der Waals surface area contributed by atoms with Gasteiger partial charge in [-0.3, -0.25) is 4.79 Å². The lowest BCUT2D eigenvalue weighted by Gasteiger charge is -2.40. The van der Waals surface area contributed by atoms with Crippen LogP contribution in [-0.4, -0.2) is 12.5 Å². The van der Waals surface area contributed by atoms with Crippen LogP contribution in [0.25, 0.3) is 0 Å². The SMILES string of the molecule is C=CC(=O)NCC1CCCCC1C(C)(C)C. The minimum atomic E-state index is -0.0433. The molecule has 0 saturated heterocycles. The highest BCUT2D eigenvalue weighted by Gasteiger charge is 2.33. The van der Waals surface area contributed by atoms with E-state index in [0.29, 0.717) is 11.3 Å². The number of carbonyl (C=O) groups excluding carboxylic acids is 1. The van der Waals surface area contributed by atoms with Crippen LogP contribution in [0.4, 0.5) is 0 Å². The summed E-state index contributed by atoms with van der Waals surface area (Å²) >= 11 is 0. The van der Waals surface area contributed by atoms with Crippen molar-refractivity contribution in [1.29, 1.82) is 0 Å². The first kappa shape index (κ1) is 13.3. The van der Waals surface area contributed by atoms with Gasteiger partial charge in [-0.2, -0.15) is 0 Å². The van der Waals surface area contributed by atoms with E-state index in [0.717, 1.165) is 12.5 Å². The van der Waals surface area contributed by atoms with E-state index in [2.05, 4.69) is 32.7 Å². The van der Waals surface area contributed by atoms with E-state index in [9.17, 15) is 4.79 Å². The summed E-state index contributed by atoms with van der Waals surface area (Å²) in [5, 5.41) is 2.95. The molecule has 0 aromatic heterocycles. The lowest BCUT2D eigenvalue weighted by Crippen LogP contribution is -2.38. The standard InChI is InChI=1S/C14H25NO/c1-5-13(16)15-10-11-8-6-7-9-12(11)14(2,3)4/h5,11-12H,1,6-10H2,2-4H3,(H,15,16). The summed E-state index contributed by atoms with van der Waals surface area (Å²) in [6.45, 7) is 11.2. The van der Waals surface area contributed by atoms with Crippen LogP contribution in [-0.2, 0) is 4.79 Å². The molecule has 2 heteroatoms. The number of rotatable bonds is 3. The molecule has 0 bridgehead atoms. The highest BCUT2D eigenvalue weighted by Crippen LogP contribution is 2.41. The second kappa shape index (κ2) is 5.51. The first-order valence-corrected chi connectivity index (χ1v) is 6.35. The molecule has 0 aromatic carbocycles. The highest BCUT2D eigenvalue weighted by atomic mass is 16.1. The summed E-state index contributed by atoms with van der Waals surface area (Å²) in [6.07, 6.45) is 6.56. The maximum absolute atomic E-state index is 11.2.